The van der Waals surface area contributed by atoms with Crippen LogP contribution in [-0.2, 0) is 0 Å². The number of nitrogens with one attached hydrogen (secondary N) is 1. The van der Waals surface area contributed by atoms with E-state index in [1.54, 1.807) is 0 Å². The van der Waals surface area contributed by atoms with Crippen molar-refractivity contribution in [3.05, 3.63) is 0 Å². The third kappa shape index (κ3) is 6.09. The number of hydrogen-bond acceptors (Lipinski definition) is 1. The Bertz CT molecular complexity index is 127. The fraction of sp³-hybridized carbons (Fsp3) is 1.00. The average Bonchev–Trinajstić information content (AvgIpc) is 2.84. The highest BCUT2D eigenvalue weighted by atomic mass is 14.9. The van der Waals surface area contributed by atoms with Gasteiger partial charge in [-0.25, -0.2) is 0 Å². The van der Waals surface area contributed by atoms with Gasteiger partial charge < -0.3 is 5.32 Å². The molecule has 1 nitrogen and oxygen atoms in total. The topological polar surface area (TPSA) is 12.0 Å². The Kier molecular flexibility index (Phi) is 4.79. The molecule has 1 heteroatoms. The Hall–Kier alpha value is -0.0400. The maximum atomic E-state index is 3.58. The van der Waals surface area contributed by atoms with Gasteiger partial charge in [0.25, 0.3) is 0 Å². The molecule has 0 aromatic rings. The lowest BCUT2D eigenvalue weighted by atomic mass is 9.97. The molecule has 1 unspecified atom stereocenters. The van der Waals surface area contributed by atoms with Crippen molar-refractivity contribution < 1.29 is 0 Å². The molecule has 0 radical (unpaired) electrons. The number of hydrogen-bond donors (Lipinski definition) is 1. The van der Waals surface area contributed by atoms with Crippen LogP contribution in [0.4, 0.5) is 0 Å². The van der Waals surface area contributed by atoms with Gasteiger partial charge in [-0.05, 0) is 37.6 Å². The lowest BCUT2D eigenvalue weighted by molar-refractivity contribution is 0.418. The van der Waals surface area contributed by atoms with E-state index in [1.807, 2.05) is 0 Å². The molecule has 1 rings (SSSR count). The first-order chi connectivity index (χ1) is 6.18. The molecule has 0 heterocycles. The molecule has 1 fully saturated rings. The van der Waals surface area contributed by atoms with E-state index < -0.39 is 0 Å². The molecule has 1 aliphatic carbocycles. The molecule has 0 aromatic carbocycles. The maximum Gasteiger partial charge on any atom is 0.00682 e. The predicted octanol–water partition coefficient (Wildman–Crippen LogP) is 3.20. The predicted molar refractivity (Wildman–Crippen MR) is 58.9 cm³/mol. The lowest BCUT2D eigenvalue weighted by Gasteiger charge is -2.12. The van der Waals surface area contributed by atoms with Crippen molar-refractivity contribution in [2.24, 2.45) is 11.8 Å². The van der Waals surface area contributed by atoms with Gasteiger partial charge in [0, 0.05) is 6.04 Å². The smallest absolute Gasteiger partial charge is 0.00682 e. The molecule has 78 valence electrons. The summed E-state index contributed by atoms with van der Waals surface area (Å²) in [5, 5.41) is 3.58. The van der Waals surface area contributed by atoms with E-state index in [2.05, 4.69) is 26.1 Å². The summed E-state index contributed by atoms with van der Waals surface area (Å²) >= 11 is 0. The molecule has 0 spiro atoms. The standard InChI is InChI=1S/C12H25N/c1-10(2)4-5-11(3)8-9-13-12-6-7-12/h10-13H,4-9H2,1-3H3. The molecule has 1 atom stereocenters. The normalized spacial score (nSPS) is 19.4. The molecular weight excluding hydrogens is 158 g/mol. The Labute approximate surface area is 83.3 Å². The van der Waals surface area contributed by atoms with E-state index in [0.717, 1.165) is 17.9 Å². The zero-order chi connectivity index (χ0) is 9.68. The van der Waals surface area contributed by atoms with Crippen LogP contribution in [0, 0.1) is 11.8 Å². The fourth-order valence-corrected chi connectivity index (χ4v) is 1.58. The van der Waals surface area contributed by atoms with E-state index >= 15 is 0 Å². The molecule has 0 bridgehead atoms. The van der Waals surface area contributed by atoms with Crippen LogP contribution in [0.5, 0.6) is 0 Å². The Morgan fingerprint density at radius 3 is 2.31 bits per heavy atom. The highest BCUT2D eigenvalue weighted by Gasteiger charge is 2.19. The lowest BCUT2D eigenvalue weighted by Crippen LogP contribution is -2.19. The van der Waals surface area contributed by atoms with E-state index in [-0.39, 0.29) is 0 Å². The zero-order valence-corrected chi connectivity index (χ0v) is 9.47. The molecule has 0 saturated heterocycles. The minimum absolute atomic E-state index is 0.874. The quantitative estimate of drug-likeness (QED) is 0.639. The number of rotatable bonds is 7. The summed E-state index contributed by atoms with van der Waals surface area (Å²) in [6, 6.07) is 0.886. The van der Waals surface area contributed by atoms with Crippen molar-refractivity contribution in [3.8, 4) is 0 Å². The van der Waals surface area contributed by atoms with Crippen molar-refractivity contribution in [3.63, 3.8) is 0 Å². The Balaban J connectivity index is 1.87. The summed E-state index contributed by atoms with van der Waals surface area (Å²) in [7, 11) is 0. The summed E-state index contributed by atoms with van der Waals surface area (Å²) < 4.78 is 0. The van der Waals surface area contributed by atoms with Gasteiger partial charge in [-0.2, -0.15) is 0 Å². The van der Waals surface area contributed by atoms with Gasteiger partial charge in [0.05, 0.1) is 0 Å². The van der Waals surface area contributed by atoms with Crippen LogP contribution < -0.4 is 5.32 Å². The molecule has 1 saturated carbocycles. The average molecular weight is 183 g/mol. The van der Waals surface area contributed by atoms with Gasteiger partial charge in [-0.3, -0.25) is 0 Å². The van der Waals surface area contributed by atoms with Crippen LogP contribution in [0.3, 0.4) is 0 Å². The molecule has 0 aliphatic heterocycles. The second-order valence-electron chi connectivity index (χ2n) is 5.09. The molecule has 1 aliphatic rings. The summed E-state index contributed by atoms with van der Waals surface area (Å²) in [6.45, 7) is 8.26. The van der Waals surface area contributed by atoms with Crippen molar-refractivity contribution in [2.75, 3.05) is 6.54 Å². The first kappa shape index (κ1) is 11.0. The summed E-state index contributed by atoms with van der Waals surface area (Å²) in [6.07, 6.45) is 7.00. The van der Waals surface area contributed by atoms with Crippen molar-refractivity contribution in [2.45, 2.75) is 58.9 Å². The zero-order valence-electron chi connectivity index (χ0n) is 9.47. The minimum Gasteiger partial charge on any atom is -0.314 e. The fourth-order valence-electron chi connectivity index (χ4n) is 1.58. The van der Waals surface area contributed by atoms with Crippen molar-refractivity contribution in [1.29, 1.82) is 0 Å². The van der Waals surface area contributed by atoms with E-state index in [0.29, 0.717) is 0 Å². The summed E-state index contributed by atoms with van der Waals surface area (Å²) in [5.74, 6) is 1.78. The van der Waals surface area contributed by atoms with Crippen molar-refractivity contribution >= 4 is 0 Å². The first-order valence-electron chi connectivity index (χ1n) is 5.92. The van der Waals surface area contributed by atoms with Gasteiger partial charge in [0.2, 0.25) is 0 Å². The van der Waals surface area contributed by atoms with Gasteiger partial charge in [0.15, 0.2) is 0 Å². The Morgan fingerprint density at radius 1 is 1.08 bits per heavy atom. The van der Waals surface area contributed by atoms with Gasteiger partial charge >= 0.3 is 0 Å². The molecule has 13 heavy (non-hydrogen) atoms. The largest absolute Gasteiger partial charge is 0.314 e. The first-order valence-corrected chi connectivity index (χ1v) is 5.92. The van der Waals surface area contributed by atoms with Crippen LogP contribution in [-0.4, -0.2) is 12.6 Å². The third-order valence-corrected chi connectivity index (χ3v) is 2.88. The molecule has 0 amide bonds. The summed E-state index contributed by atoms with van der Waals surface area (Å²) in [5.41, 5.74) is 0. The van der Waals surface area contributed by atoms with Crippen LogP contribution in [0.25, 0.3) is 0 Å². The SMILES string of the molecule is CC(C)CCC(C)CCNC1CC1. The van der Waals surface area contributed by atoms with Gasteiger partial charge in [0.1, 0.15) is 0 Å². The highest BCUT2D eigenvalue weighted by molar-refractivity contribution is 4.80. The molecule has 1 N–H and O–H groups in total. The van der Waals surface area contributed by atoms with E-state index in [4.69, 9.17) is 0 Å². The monoisotopic (exact) mass is 183 g/mol. The van der Waals surface area contributed by atoms with Crippen LogP contribution in [0.2, 0.25) is 0 Å². The van der Waals surface area contributed by atoms with Crippen LogP contribution in [0.15, 0.2) is 0 Å². The van der Waals surface area contributed by atoms with E-state index in [1.165, 1.54) is 38.6 Å². The van der Waals surface area contributed by atoms with Crippen LogP contribution >= 0.6 is 0 Å². The second kappa shape index (κ2) is 5.64. The minimum atomic E-state index is 0.874. The maximum absolute atomic E-state index is 3.58. The molecular formula is C12H25N. The van der Waals surface area contributed by atoms with Gasteiger partial charge in [-0.1, -0.05) is 33.6 Å². The third-order valence-electron chi connectivity index (χ3n) is 2.88. The van der Waals surface area contributed by atoms with Gasteiger partial charge in [-0.15, -0.1) is 0 Å². The van der Waals surface area contributed by atoms with E-state index in [9.17, 15) is 0 Å². The molecule has 0 aromatic heterocycles. The van der Waals surface area contributed by atoms with Crippen molar-refractivity contribution in [1.82, 2.24) is 5.32 Å². The highest BCUT2D eigenvalue weighted by Crippen LogP contribution is 2.19. The summed E-state index contributed by atoms with van der Waals surface area (Å²) in [4.78, 5) is 0. The second-order valence-corrected chi connectivity index (χ2v) is 5.09. The Morgan fingerprint density at radius 2 is 1.77 bits per heavy atom. The van der Waals surface area contributed by atoms with Crippen LogP contribution in [0.1, 0.15) is 52.9 Å².